The molecule has 1 aliphatic rings. The molecule has 1 aliphatic heterocycles. The maximum atomic E-state index is 14.6. The molecule has 0 aromatic heterocycles. The Labute approximate surface area is 179 Å². The van der Waals surface area contributed by atoms with E-state index in [1.807, 2.05) is 17.9 Å². The first kappa shape index (κ1) is 22.9. The molecule has 1 saturated heterocycles. The molecule has 5 nitrogen and oxygen atoms in total. The minimum atomic E-state index is -4.35. The number of benzene rings is 2. The molecule has 0 amide bonds. The summed E-state index contributed by atoms with van der Waals surface area (Å²) in [4.78, 5) is 6.41. The van der Waals surface area contributed by atoms with Crippen molar-refractivity contribution in [2.75, 3.05) is 37.7 Å². The second kappa shape index (κ2) is 10.5. The fourth-order valence-corrected chi connectivity index (χ4v) is 3.22. The van der Waals surface area contributed by atoms with E-state index in [2.05, 4.69) is 15.6 Å². The largest absolute Gasteiger partial charge is 0.416 e. The Morgan fingerprint density at radius 3 is 2.32 bits per heavy atom. The van der Waals surface area contributed by atoms with Crippen LogP contribution in [0.25, 0.3) is 0 Å². The van der Waals surface area contributed by atoms with Gasteiger partial charge in [0, 0.05) is 26.2 Å². The lowest BCUT2D eigenvalue weighted by molar-refractivity contribution is -0.137. The zero-order valence-corrected chi connectivity index (χ0v) is 17.3. The van der Waals surface area contributed by atoms with Gasteiger partial charge < -0.3 is 20.3 Å². The molecule has 2 N–H and O–H groups in total. The van der Waals surface area contributed by atoms with Crippen molar-refractivity contribution in [2.45, 2.75) is 26.2 Å². The van der Waals surface area contributed by atoms with Gasteiger partial charge in [-0.1, -0.05) is 18.2 Å². The van der Waals surface area contributed by atoms with Crippen LogP contribution in [0.5, 0.6) is 0 Å². The molecule has 2 aromatic carbocycles. The van der Waals surface area contributed by atoms with Crippen molar-refractivity contribution >= 4 is 11.6 Å². The first-order valence-corrected chi connectivity index (χ1v) is 10.2. The SMILES string of the molecule is CCNC(=NCc1ccc(N2CCOCC2)c(F)c1)NCc1ccc(C(F)(F)F)cc1. The smallest absolute Gasteiger partial charge is 0.378 e. The highest BCUT2D eigenvalue weighted by atomic mass is 19.4. The van der Waals surface area contributed by atoms with Gasteiger partial charge in [-0.3, -0.25) is 0 Å². The van der Waals surface area contributed by atoms with Gasteiger partial charge in [0.15, 0.2) is 5.96 Å². The van der Waals surface area contributed by atoms with Crippen LogP contribution < -0.4 is 15.5 Å². The van der Waals surface area contributed by atoms with Gasteiger partial charge in [-0.15, -0.1) is 0 Å². The summed E-state index contributed by atoms with van der Waals surface area (Å²) in [7, 11) is 0. The monoisotopic (exact) mass is 438 g/mol. The molecule has 0 radical (unpaired) electrons. The van der Waals surface area contributed by atoms with Crippen LogP contribution in [-0.2, 0) is 24.0 Å². The van der Waals surface area contributed by atoms with Crippen molar-refractivity contribution < 1.29 is 22.3 Å². The van der Waals surface area contributed by atoms with Crippen molar-refractivity contribution in [3.63, 3.8) is 0 Å². The van der Waals surface area contributed by atoms with E-state index in [0.29, 0.717) is 56.6 Å². The quantitative estimate of drug-likeness (QED) is 0.408. The third-order valence-corrected chi connectivity index (χ3v) is 4.87. The van der Waals surface area contributed by atoms with Crippen molar-refractivity contribution in [3.8, 4) is 0 Å². The number of alkyl halides is 3. The highest BCUT2D eigenvalue weighted by Crippen LogP contribution is 2.29. The lowest BCUT2D eigenvalue weighted by atomic mass is 10.1. The summed E-state index contributed by atoms with van der Waals surface area (Å²) in [5, 5.41) is 6.16. The Kier molecular flexibility index (Phi) is 7.73. The Morgan fingerprint density at radius 1 is 1.03 bits per heavy atom. The lowest BCUT2D eigenvalue weighted by Crippen LogP contribution is -2.37. The standard InChI is InChI=1S/C22H26F4N4O/c1-2-27-21(28-14-16-3-6-18(7-4-16)22(24,25)26)29-15-17-5-8-20(19(23)13-17)30-9-11-31-12-10-30/h3-8,13H,2,9-12,14-15H2,1H3,(H2,27,28,29). The van der Waals surface area contributed by atoms with Gasteiger partial charge in [0.25, 0.3) is 0 Å². The van der Waals surface area contributed by atoms with E-state index in [0.717, 1.165) is 17.7 Å². The van der Waals surface area contributed by atoms with Gasteiger partial charge in [0.2, 0.25) is 0 Å². The number of aliphatic imine (C=N–C) groups is 1. The first-order chi connectivity index (χ1) is 14.9. The number of hydrogen-bond donors (Lipinski definition) is 2. The first-order valence-electron chi connectivity index (χ1n) is 10.2. The van der Waals surface area contributed by atoms with E-state index in [1.165, 1.54) is 18.2 Å². The number of anilines is 1. The predicted molar refractivity (Wildman–Crippen MR) is 113 cm³/mol. The number of hydrogen-bond acceptors (Lipinski definition) is 3. The van der Waals surface area contributed by atoms with E-state index in [1.54, 1.807) is 6.07 Å². The van der Waals surface area contributed by atoms with Crippen molar-refractivity contribution in [3.05, 3.63) is 65.0 Å². The van der Waals surface area contributed by atoms with Crippen LogP contribution in [0.4, 0.5) is 23.2 Å². The fourth-order valence-electron chi connectivity index (χ4n) is 3.22. The second-order valence-electron chi connectivity index (χ2n) is 7.13. The molecule has 1 fully saturated rings. The number of halogens is 4. The molecular weight excluding hydrogens is 412 g/mol. The summed E-state index contributed by atoms with van der Waals surface area (Å²) in [6.07, 6.45) is -4.35. The maximum absolute atomic E-state index is 14.6. The number of ether oxygens (including phenoxy) is 1. The van der Waals surface area contributed by atoms with Crippen molar-refractivity contribution in [1.82, 2.24) is 10.6 Å². The summed E-state index contributed by atoms with van der Waals surface area (Å²) in [6, 6.07) is 10.1. The van der Waals surface area contributed by atoms with Crippen LogP contribution in [0.3, 0.4) is 0 Å². The summed E-state index contributed by atoms with van der Waals surface area (Å²) in [5.41, 5.74) is 1.29. The Bertz CT molecular complexity index is 878. The van der Waals surface area contributed by atoms with E-state index in [4.69, 9.17) is 4.74 Å². The van der Waals surface area contributed by atoms with Gasteiger partial charge in [0.1, 0.15) is 5.82 Å². The van der Waals surface area contributed by atoms with Crippen molar-refractivity contribution in [1.29, 1.82) is 0 Å². The number of morpholine rings is 1. The Morgan fingerprint density at radius 2 is 1.71 bits per heavy atom. The van der Waals surface area contributed by atoms with Crippen LogP contribution in [-0.4, -0.2) is 38.8 Å². The van der Waals surface area contributed by atoms with Crippen LogP contribution in [0.2, 0.25) is 0 Å². The minimum Gasteiger partial charge on any atom is -0.378 e. The summed E-state index contributed by atoms with van der Waals surface area (Å²) >= 11 is 0. The van der Waals surface area contributed by atoms with Crippen LogP contribution in [0, 0.1) is 5.82 Å². The number of guanidine groups is 1. The summed E-state index contributed by atoms with van der Waals surface area (Å²) in [6.45, 7) is 5.59. The van der Waals surface area contributed by atoms with Gasteiger partial charge in [0.05, 0.1) is 31.0 Å². The highest BCUT2D eigenvalue weighted by molar-refractivity contribution is 5.79. The molecule has 0 spiro atoms. The molecule has 168 valence electrons. The maximum Gasteiger partial charge on any atom is 0.416 e. The topological polar surface area (TPSA) is 48.9 Å². The van der Waals surface area contributed by atoms with Gasteiger partial charge >= 0.3 is 6.18 Å². The fraction of sp³-hybridized carbons (Fsp3) is 0.409. The molecule has 31 heavy (non-hydrogen) atoms. The van der Waals surface area contributed by atoms with Gasteiger partial charge in [-0.2, -0.15) is 13.2 Å². The van der Waals surface area contributed by atoms with E-state index < -0.39 is 11.7 Å². The zero-order valence-electron chi connectivity index (χ0n) is 17.3. The van der Waals surface area contributed by atoms with Crippen LogP contribution in [0.1, 0.15) is 23.6 Å². The van der Waals surface area contributed by atoms with E-state index in [-0.39, 0.29) is 12.4 Å². The molecule has 0 atom stereocenters. The predicted octanol–water partition coefficient (Wildman–Crippen LogP) is 3.94. The van der Waals surface area contributed by atoms with Gasteiger partial charge in [-0.25, -0.2) is 9.38 Å². The molecule has 0 bridgehead atoms. The third kappa shape index (κ3) is 6.58. The Hall–Kier alpha value is -2.81. The Balaban J connectivity index is 1.60. The molecule has 0 unspecified atom stereocenters. The van der Waals surface area contributed by atoms with E-state index in [9.17, 15) is 17.6 Å². The average Bonchev–Trinajstić information content (AvgIpc) is 2.76. The van der Waals surface area contributed by atoms with Crippen molar-refractivity contribution in [2.24, 2.45) is 4.99 Å². The minimum absolute atomic E-state index is 0.267. The molecule has 3 rings (SSSR count). The van der Waals surface area contributed by atoms with Crippen LogP contribution >= 0.6 is 0 Å². The third-order valence-electron chi connectivity index (χ3n) is 4.87. The summed E-state index contributed by atoms with van der Waals surface area (Å²) in [5.74, 6) is 0.206. The summed E-state index contributed by atoms with van der Waals surface area (Å²) < 4.78 is 57.9. The van der Waals surface area contributed by atoms with Crippen LogP contribution in [0.15, 0.2) is 47.5 Å². The molecule has 2 aromatic rings. The second-order valence-corrected chi connectivity index (χ2v) is 7.13. The average molecular weight is 438 g/mol. The number of nitrogens with zero attached hydrogens (tertiary/aromatic N) is 2. The normalized spacial score (nSPS) is 15.1. The lowest BCUT2D eigenvalue weighted by Gasteiger charge is -2.29. The molecule has 0 saturated carbocycles. The number of nitrogens with one attached hydrogen (secondary N) is 2. The van der Waals surface area contributed by atoms with Gasteiger partial charge in [-0.05, 0) is 42.3 Å². The highest BCUT2D eigenvalue weighted by Gasteiger charge is 2.29. The molecule has 1 heterocycles. The van der Waals surface area contributed by atoms with E-state index >= 15 is 0 Å². The zero-order chi connectivity index (χ0) is 22.3. The molecule has 9 heteroatoms. The number of rotatable bonds is 6. The molecule has 0 aliphatic carbocycles. The molecular formula is C22H26F4N4O.